The minimum Gasteiger partial charge on any atom is -0.212 e. The topological polar surface area (TPSA) is 37.4 Å². The van der Waals surface area contributed by atoms with Crippen molar-refractivity contribution in [3.63, 3.8) is 0 Å². The molecule has 0 heterocycles. The van der Waals surface area contributed by atoms with E-state index in [1.54, 1.807) is 0 Å². The third-order valence-electron chi connectivity index (χ3n) is 2.84. The number of hydrogen-bond acceptors (Lipinski definition) is 2. The summed E-state index contributed by atoms with van der Waals surface area (Å²) in [6.45, 7) is 8.61. The Morgan fingerprint density at radius 1 is 1.00 bits per heavy atom. The van der Waals surface area contributed by atoms with Crippen molar-refractivity contribution in [2.75, 3.05) is 18.8 Å². The van der Waals surface area contributed by atoms with E-state index < -0.39 is 28.4 Å². The van der Waals surface area contributed by atoms with E-state index in [-0.39, 0.29) is 11.8 Å². The fraction of sp³-hybridized carbons (Fsp3) is 1.00. The van der Waals surface area contributed by atoms with E-state index in [0.717, 1.165) is 0 Å². The summed E-state index contributed by atoms with van der Waals surface area (Å²) in [7, 11) is -3.60. The van der Waals surface area contributed by atoms with Crippen molar-refractivity contribution in [1.82, 2.24) is 4.31 Å². The Morgan fingerprint density at radius 2 is 1.55 bits per heavy atom. The van der Waals surface area contributed by atoms with Crippen LogP contribution in [0.1, 0.15) is 53.4 Å². The molecule has 0 aromatic heterocycles. The first-order chi connectivity index (χ1) is 8.87. The Bertz CT molecular complexity index is 372. The maximum atomic E-state index is 12.1. The molecular formula is C13H26F3NO2S. The van der Waals surface area contributed by atoms with Gasteiger partial charge in [-0.1, -0.05) is 27.7 Å². The van der Waals surface area contributed by atoms with Gasteiger partial charge in [-0.05, 0) is 24.7 Å². The Morgan fingerprint density at radius 3 is 1.95 bits per heavy atom. The largest absolute Gasteiger partial charge is 0.389 e. The highest BCUT2D eigenvalue weighted by atomic mass is 32.2. The van der Waals surface area contributed by atoms with Gasteiger partial charge in [0.2, 0.25) is 10.0 Å². The molecule has 0 unspecified atom stereocenters. The molecule has 0 aromatic carbocycles. The van der Waals surface area contributed by atoms with Crippen molar-refractivity contribution in [3.8, 4) is 0 Å². The molecule has 0 saturated heterocycles. The van der Waals surface area contributed by atoms with Crippen LogP contribution in [0, 0.1) is 5.41 Å². The lowest BCUT2D eigenvalue weighted by molar-refractivity contribution is -0.134. The van der Waals surface area contributed by atoms with Crippen molar-refractivity contribution < 1.29 is 21.6 Å². The first-order valence-corrected chi connectivity index (χ1v) is 8.53. The molecule has 0 aliphatic heterocycles. The molecule has 0 spiro atoms. The molecule has 7 heteroatoms. The standard InChI is InChI=1S/C13H26F3NO2S/c1-5-9-17(10-8-12(2,3)4)20(18,19)11-6-7-13(14,15)16/h5-11H2,1-4H3. The zero-order valence-electron chi connectivity index (χ0n) is 12.8. The summed E-state index contributed by atoms with van der Waals surface area (Å²) in [4.78, 5) is 0. The normalized spacial score (nSPS) is 14.0. The van der Waals surface area contributed by atoms with Crippen LogP contribution in [0.3, 0.4) is 0 Å². The van der Waals surface area contributed by atoms with Crippen LogP contribution in [0.25, 0.3) is 0 Å². The van der Waals surface area contributed by atoms with Crippen molar-refractivity contribution in [1.29, 1.82) is 0 Å². The SMILES string of the molecule is CCCN(CCC(C)(C)C)S(=O)(=O)CCCC(F)(F)F. The Balaban J connectivity index is 4.55. The predicted molar refractivity (Wildman–Crippen MR) is 75.0 cm³/mol. The average Bonchev–Trinajstić information content (AvgIpc) is 2.20. The van der Waals surface area contributed by atoms with E-state index in [9.17, 15) is 21.6 Å². The number of hydrogen-bond donors (Lipinski definition) is 0. The molecule has 0 amide bonds. The highest BCUT2D eigenvalue weighted by Gasteiger charge is 2.29. The summed E-state index contributed by atoms with van der Waals surface area (Å²) in [6, 6.07) is 0. The van der Waals surface area contributed by atoms with Gasteiger partial charge < -0.3 is 0 Å². The third kappa shape index (κ3) is 9.58. The summed E-state index contributed by atoms with van der Waals surface area (Å²) < 4.78 is 61.7. The van der Waals surface area contributed by atoms with Gasteiger partial charge in [0, 0.05) is 19.5 Å². The van der Waals surface area contributed by atoms with Gasteiger partial charge in [-0.3, -0.25) is 0 Å². The van der Waals surface area contributed by atoms with Gasteiger partial charge in [0.25, 0.3) is 0 Å². The summed E-state index contributed by atoms with van der Waals surface area (Å²) in [6.07, 6.45) is -4.38. The Kier molecular flexibility index (Phi) is 7.52. The second-order valence-electron chi connectivity index (χ2n) is 6.24. The van der Waals surface area contributed by atoms with Gasteiger partial charge in [-0.2, -0.15) is 13.2 Å². The van der Waals surface area contributed by atoms with Crippen LogP contribution in [0.5, 0.6) is 0 Å². The van der Waals surface area contributed by atoms with E-state index in [1.165, 1.54) is 4.31 Å². The highest BCUT2D eigenvalue weighted by Crippen LogP contribution is 2.23. The zero-order valence-corrected chi connectivity index (χ0v) is 13.6. The Labute approximate surface area is 120 Å². The second-order valence-corrected chi connectivity index (χ2v) is 8.33. The lowest BCUT2D eigenvalue weighted by Gasteiger charge is -2.26. The molecule has 0 aliphatic rings. The molecule has 0 aromatic rings. The smallest absolute Gasteiger partial charge is 0.212 e. The van der Waals surface area contributed by atoms with Crippen LogP contribution in [0.4, 0.5) is 13.2 Å². The molecule has 0 bridgehead atoms. The van der Waals surface area contributed by atoms with E-state index in [0.29, 0.717) is 25.9 Å². The maximum absolute atomic E-state index is 12.1. The zero-order chi connectivity index (χ0) is 16.0. The molecule has 0 atom stereocenters. The van der Waals surface area contributed by atoms with Crippen LogP contribution in [-0.2, 0) is 10.0 Å². The Hall–Kier alpha value is -0.300. The fourth-order valence-electron chi connectivity index (χ4n) is 1.68. The molecule has 0 aliphatic carbocycles. The summed E-state index contributed by atoms with van der Waals surface area (Å²) in [5.74, 6) is -0.434. The van der Waals surface area contributed by atoms with Gasteiger partial charge in [0.1, 0.15) is 0 Å². The number of rotatable bonds is 8. The third-order valence-corrected chi connectivity index (χ3v) is 4.80. The van der Waals surface area contributed by atoms with Crippen molar-refractivity contribution in [2.24, 2.45) is 5.41 Å². The first-order valence-electron chi connectivity index (χ1n) is 6.92. The quantitative estimate of drug-likeness (QED) is 0.683. The van der Waals surface area contributed by atoms with Crippen LogP contribution in [-0.4, -0.2) is 37.7 Å². The number of alkyl halides is 3. The molecule has 0 rings (SSSR count). The molecule has 3 nitrogen and oxygen atoms in total. The average molecular weight is 317 g/mol. The molecule has 0 N–H and O–H groups in total. The van der Waals surface area contributed by atoms with E-state index >= 15 is 0 Å². The number of nitrogens with zero attached hydrogens (tertiary/aromatic N) is 1. The van der Waals surface area contributed by atoms with Crippen LogP contribution in [0.15, 0.2) is 0 Å². The molecule has 0 saturated carbocycles. The van der Waals surface area contributed by atoms with Gasteiger partial charge in [-0.15, -0.1) is 0 Å². The molecule has 20 heavy (non-hydrogen) atoms. The number of sulfonamides is 1. The summed E-state index contributed by atoms with van der Waals surface area (Å²) >= 11 is 0. The van der Waals surface area contributed by atoms with Gasteiger partial charge in [-0.25, -0.2) is 12.7 Å². The molecular weight excluding hydrogens is 291 g/mol. The van der Waals surface area contributed by atoms with Crippen LogP contribution >= 0.6 is 0 Å². The molecule has 122 valence electrons. The van der Waals surface area contributed by atoms with E-state index in [2.05, 4.69) is 0 Å². The van der Waals surface area contributed by atoms with Crippen molar-refractivity contribution >= 4 is 10.0 Å². The van der Waals surface area contributed by atoms with Crippen LogP contribution in [0.2, 0.25) is 0 Å². The summed E-state index contributed by atoms with van der Waals surface area (Å²) in [5, 5.41) is 0. The lowest BCUT2D eigenvalue weighted by Crippen LogP contribution is -2.36. The first kappa shape index (κ1) is 19.7. The van der Waals surface area contributed by atoms with Gasteiger partial charge in [0.05, 0.1) is 5.75 Å². The number of halogens is 3. The van der Waals surface area contributed by atoms with Crippen LogP contribution < -0.4 is 0 Å². The fourth-order valence-corrected chi connectivity index (χ4v) is 3.28. The molecule has 0 fully saturated rings. The summed E-state index contributed by atoms with van der Waals surface area (Å²) in [5.41, 5.74) is -0.00647. The van der Waals surface area contributed by atoms with Gasteiger partial charge in [0.15, 0.2) is 0 Å². The van der Waals surface area contributed by atoms with Gasteiger partial charge >= 0.3 is 6.18 Å². The maximum Gasteiger partial charge on any atom is 0.389 e. The van der Waals surface area contributed by atoms with E-state index in [1.807, 2.05) is 27.7 Å². The molecule has 0 radical (unpaired) electrons. The highest BCUT2D eigenvalue weighted by molar-refractivity contribution is 7.89. The monoisotopic (exact) mass is 317 g/mol. The second kappa shape index (κ2) is 7.64. The van der Waals surface area contributed by atoms with Crippen molar-refractivity contribution in [2.45, 2.75) is 59.6 Å². The minimum absolute atomic E-state index is 0.00647. The predicted octanol–water partition coefficient (Wildman–Crippen LogP) is 3.81. The van der Waals surface area contributed by atoms with E-state index in [4.69, 9.17) is 0 Å². The lowest BCUT2D eigenvalue weighted by atomic mass is 9.92. The van der Waals surface area contributed by atoms with Crippen molar-refractivity contribution in [3.05, 3.63) is 0 Å². The minimum atomic E-state index is -4.30.